The number of H-pyrrole nitrogens is 2. The molecular weight excluding hydrogens is 989 g/mol. The first-order chi connectivity index (χ1) is 36.2. The third-order valence-corrected chi connectivity index (χ3v) is 16.7. The first kappa shape index (κ1) is 54.1. The number of rotatable bonds is 11. The predicted octanol–water partition coefficient (Wildman–Crippen LogP) is 11.5. The first-order valence-corrected chi connectivity index (χ1v) is 26.8. The maximum atomic E-state index is 13.0. The Morgan fingerprint density at radius 2 is 1.05 bits per heavy atom. The number of nitrogens with one attached hydrogen (secondary N) is 3. The van der Waals surface area contributed by atoms with Crippen molar-refractivity contribution in [2.75, 3.05) is 70.9 Å². The summed E-state index contributed by atoms with van der Waals surface area (Å²) in [6.45, 7) is 6.65. The lowest BCUT2D eigenvalue weighted by Gasteiger charge is -2.43. The van der Waals surface area contributed by atoms with E-state index in [1.807, 2.05) is 11.0 Å². The number of fused-ring (bicyclic) bond motifs is 2. The summed E-state index contributed by atoms with van der Waals surface area (Å²) in [4.78, 5) is 28.1. The zero-order chi connectivity index (χ0) is 52.7. The highest BCUT2D eigenvalue weighted by atomic mass is 32.1. The largest absolute Gasteiger partial charge is 0.416 e. The van der Waals surface area contributed by atoms with Crippen molar-refractivity contribution in [1.82, 2.24) is 29.6 Å². The molecule has 0 saturated carbocycles. The minimum Gasteiger partial charge on any atom is -0.395 e. The third-order valence-electron chi connectivity index (χ3n) is 16.3. The Balaban J connectivity index is 0.000000184. The number of benzene rings is 4. The first-order valence-electron chi connectivity index (χ1n) is 26.4. The molecule has 6 aromatic rings. The number of aliphatic hydroxyl groups excluding tert-OH is 2. The highest BCUT2D eigenvalue weighted by molar-refractivity contribution is 7.80. The molecule has 4 saturated heterocycles. The molecule has 4 aliphatic heterocycles. The number of aliphatic hydroxyl groups is 2. The summed E-state index contributed by atoms with van der Waals surface area (Å²) in [5.74, 6) is 1.50. The van der Waals surface area contributed by atoms with E-state index in [1.165, 1.54) is 57.2 Å². The van der Waals surface area contributed by atoms with Crippen LogP contribution in [0.5, 0.6) is 0 Å². The number of likely N-dealkylation sites (tertiary alicyclic amines) is 4. The number of aromatic nitrogens is 2. The van der Waals surface area contributed by atoms with Crippen LogP contribution in [0.25, 0.3) is 27.9 Å². The number of amides is 1. The summed E-state index contributed by atoms with van der Waals surface area (Å²) in [5, 5.41) is 26.6. The van der Waals surface area contributed by atoms with E-state index in [1.54, 1.807) is 17.0 Å². The molecule has 17 heteroatoms. The highest BCUT2D eigenvalue weighted by Gasteiger charge is 2.37. The highest BCUT2D eigenvalue weighted by Crippen LogP contribution is 2.38. The van der Waals surface area contributed by atoms with Gasteiger partial charge in [0, 0.05) is 84.2 Å². The molecule has 1 amide bonds. The Morgan fingerprint density at radius 3 is 1.53 bits per heavy atom. The van der Waals surface area contributed by atoms with E-state index in [0.29, 0.717) is 53.1 Å². The number of alkyl halides is 6. The summed E-state index contributed by atoms with van der Waals surface area (Å²) in [6, 6.07) is 27.1. The molecule has 0 aliphatic carbocycles. The molecule has 400 valence electrons. The molecular formula is C58H67F6N7O3S. The van der Waals surface area contributed by atoms with Gasteiger partial charge in [0.25, 0.3) is 0 Å². The molecule has 75 heavy (non-hydrogen) atoms. The lowest BCUT2D eigenvalue weighted by molar-refractivity contribution is -0.138. The molecule has 0 bridgehead atoms. The Bertz CT molecular complexity index is 2870. The summed E-state index contributed by atoms with van der Waals surface area (Å²) in [5.41, 5.74) is 4.39. The van der Waals surface area contributed by atoms with Gasteiger partial charge in [0.2, 0.25) is 5.91 Å². The molecule has 4 aromatic carbocycles. The van der Waals surface area contributed by atoms with Crippen LogP contribution >= 0.6 is 12.2 Å². The monoisotopic (exact) mass is 1060 g/mol. The van der Waals surface area contributed by atoms with Crippen LogP contribution in [0, 0.1) is 11.8 Å². The Hall–Kier alpha value is -5.72. The Labute approximate surface area is 439 Å². The number of piperidine rings is 4. The zero-order valence-electron chi connectivity index (χ0n) is 42.0. The maximum Gasteiger partial charge on any atom is 0.416 e. The number of hydrogen-bond acceptors (Lipinski definition) is 6. The van der Waals surface area contributed by atoms with E-state index in [2.05, 4.69) is 79.9 Å². The molecule has 0 spiro atoms. The van der Waals surface area contributed by atoms with Gasteiger partial charge in [-0.15, -0.1) is 0 Å². The quantitative estimate of drug-likeness (QED) is 0.0495. The summed E-state index contributed by atoms with van der Waals surface area (Å²) >= 11 is 5.51. The Morgan fingerprint density at radius 1 is 0.600 bits per heavy atom. The fourth-order valence-electron chi connectivity index (χ4n) is 12.1. The van der Waals surface area contributed by atoms with Crippen molar-refractivity contribution in [2.45, 2.75) is 87.6 Å². The van der Waals surface area contributed by atoms with E-state index in [4.69, 9.17) is 12.2 Å². The minimum absolute atomic E-state index is 0.0804. The van der Waals surface area contributed by atoms with Crippen LogP contribution in [0.4, 0.5) is 32.0 Å². The third kappa shape index (κ3) is 13.1. The molecule has 5 N–H and O–H groups in total. The fraction of sp³-hybridized carbons (Fsp3) is 0.448. The van der Waals surface area contributed by atoms with Crippen molar-refractivity contribution in [1.29, 1.82) is 0 Å². The van der Waals surface area contributed by atoms with E-state index < -0.39 is 23.5 Å². The van der Waals surface area contributed by atoms with E-state index in [0.717, 1.165) is 115 Å². The summed E-state index contributed by atoms with van der Waals surface area (Å²) in [7, 11) is 0. The molecule has 2 unspecified atom stereocenters. The number of anilines is 1. The van der Waals surface area contributed by atoms with Crippen LogP contribution in [0.3, 0.4) is 0 Å². The molecule has 10 nitrogen and oxygen atoms in total. The van der Waals surface area contributed by atoms with Gasteiger partial charge in [-0.05, 0) is 179 Å². The van der Waals surface area contributed by atoms with E-state index in [-0.39, 0.29) is 31.2 Å². The predicted molar refractivity (Wildman–Crippen MR) is 287 cm³/mol. The van der Waals surface area contributed by atoms with Gasteiger partial charge < -0.3 is 35.3 Å². The number of aromatic amines is 2. The van der Waals surface area contributed by atoms with Crippen molar-refractivity contribution in [3.8, 4) is 0 Å². The molecule has 2 aromatic heterocycles. The second kappa shape index (κ2) is 24.1. The molecule has 4 fully saturated rings. The second-order valence-electron chi connectivity index (χ2n) is 20.7. The second-order valence-corrected chi connectivity index (χ2v) is 21.0. The zero-order valence-corrected chi connectivity index (χ0v) is 42.8. The number of hydrogen-bond donors (Lipinski definition) is 5. The van der Waals surface area contributed by atoms with Gasteiger partial charge in [-0.3, -0.25) is 14.6 Å². The van der Waals surface area contributed by atoms with Crippen molar-refractivity contribution in [3.05, 3.63) is 143 Å². The summed E-state index contributed by atoms with van der Waals surface area (Å²) in [6.07, 6.45) is 5.92. The van der Waals surface area contributed by atoms with Crippen LogP contribution in [0.1, 0.15) is 91.0 Å². The number of nitrogens with zero attached hydrogens (tertiary/aromatic N) is 4. The molecule has 0 radical (unpaired) electrons. The average Bonchev–Trinajstić information content (AvgIpc) is 4.07. The van der Waals surface area contributed by atoms with Crippen LogP contribution in [-0.2, 0) is 17.1 Å². The van der Waals surface area contributed by atoms with Crippen molar-refractivity contribution < 1.29 is 41.4 Å². The molecule has 2 atom stereocenters. The topological polar surface area (TPSA) is 114 Å². The normalized spacial score (nSPS) is 19.4. The number of carbonyl (C=O) groups is 1. The van der Waals surface area contributed by atoms with Crippen LogP contribution in [0.2, 0.25) is 0 Å². The maximum absolute atomic E-state index is 13.0. The lowest BCUT2D eigenvalue weighted by atomic mass is 9.84. The fourth-order valence-corrected chi connectivity index (χ4v) is 12.4. The number of thiocarbonyl (C=S) groups is 1. The SMILES string of the molecule is O=C(/C=C/c1cccc(C(F)(F)F)c1)N1CCC(C(CO)N2CCC(c3c[nH]c4ccccc34)CC2)CC1.OCC(C1CCN(C(=S)Nc2cccc(C(F)(F)F)c2)CC1)N1CCC(c2c[nH]c3ccccc23)CC1. The Kier molecular flexibility index (Phi) is 17.4. The van der Waals surface area contributed by atoms with E-state index in [9.17, 15) is 41.4 Å². The molecule has 6 heterocycles. The van der Waals surface area contributed by atoms with Crippen LogP contribution in [0.15, 0.2) is 116 Å². The molecule has 10 rings (SSSR count). The van der Waals surface area contributed by atoms with E-state index >= 15 is 0 Å². The standard InChI is InChI=1S/C30H34F3N3O2.C28H33F3N4OS/c31-30(32,33)24-5-3-4-21(18-24)8-9-29(38)36-16-12-23(13-17-36)28(20-37)35-14-10-22(11-15-35)26-19-34-27-7-2-1-6-25(26)27;29-28(30,31)21-4-3-5-22(16-21)33-27(37)35-14-10-20(11-15-35)26(18-36)34-12-8-19(9-13-34)24-17-32-25-7-2-1-6-23(24)25/h1-9,18-19,22-23,28,34,37H,10-17,20H2;1-7,16-17,19-20,26,32,36H,8-15,18H2,(H,33,37)/b9-8+;. The van der Waals surface area contributed by atoms with Crippen molar-refractivity contribution in [2.24, 2.45) is 11.8 Å². The number of para-hydroxylation sites is 2. The van der Waals surface area contributed by atoms with Crippen LogP contribution < -0.4 is 5.32 Å². The number of carbonyl (C=O) groups excluding carboxylic acids is 1. The van der Waals surface area contributed by atoms with Crippen molar-refractivity contribution in [3.63, 3.8) is 0 Å². The summed E-state index contributed by atoms with van der Waals surface area (Å²) < 4.78 is 77.9. The smallest absolute Gasteiger partial charge is 0.395 e. The van der Waals surface area contributed by atoms with Crippen LogP contribution in [-0.4, -0.2) is 128 Å². The van der Waals surface area contributed by atoms with Crippen molar-refractivity contribution >= 4 is 56.8 Å². The van der Waals surface area contributed by atoms with Gasteiger partial charge in [-0.2, -0.15) is 26.3 Å². The minimum atomic E-state index is -4.41. The van der Waals surface area contributed by atoms with Gasteiger partial charge in [-0.25, -0.2) is 0 Å². The number of halogens is 6. The van der Waals surface area contributed by atoms with Gasteiger partial charge in [-0.1, -0.05) is 54.6 Å². The lowest BCUT2D eigenvalue weighted by Crippen LogP contribution is -2.51. The average molecular weight is 1060 g/mol. The molecule has 4 aliphatic rings. The van der Waals surface area contributed by atoms with Gasteiger partial charge in [0.1, 0.15) is 0 Å². The van der Waals surface area contributed by atoms with Gasteiger partial charge in [0.05, 0.1) is 24.3 Å². The van der Waals surface area contributed by atoms with Gasteiger partial charge >= 0.3 is 12.4 Å². The van der Waals surface area contributed by atoms with Gasteiger partial charge in [0.15, 0.2) is 5.11 Å².